The van der Waals surface area contributed by atoms with Crippen molar-refractivity contribution >= 4 is 17.4 Å². The molecule has 0 bridgehead atoms. The molecule has 4 nitrogen and oxygen atoms in total. The van der Waals surface area contributed by atoms with Gasteiger partial charge in [0.15, 0.2) is 5.16 Å². The smallest absolute Gasteiger partial charge is 0.188 e. The third kappa shape index (κ3) is 2.54. The van der Waals surface area contributed by atoms with Gasteiger partial charge in [0.1, 0.15) is 5.65 Å². The first-order valence-electron chi connectivity index (χ1n) is 6.51. The molecule has 0 aliphatic heterocycles. The van der Waals surface area contributed by atoms with Crippen LogP contribution in [0.5, 0.6) is 0 Å². The Morgan fingerprint density at radius 2 is 1.80 bits per heavy atom. The summed E-state index contributed by atoms with van der Waals surface area (Å²) in [6.07, 6.45) is 2.05. The van der Waals surface area contributed by atoms with E-state index in [9.17, 15) is 0 Å². The molecule has 0 saturated carbocycles. The summed E-state index contributed by atoms with van der Waals surface area (Å²) in [6, 6.07) is 8.04. The van der Waals surface area contributed by atoms with Crippen LogP contribution < -0.4 is 0 Å². The van der Waals surface area contributed by atoms with E-state index in [-0.39, 0.29) is 0 Å². The van der Waals surface area contributed by atoms with Crippen molar-refractivity contribution < 1.29 is 0 Å². The Kier molecular flexibility index (Phi) is 3.44. The molecule has 20 heavy (non-hydrogen) atoms. The monoisotopic (exact) mass is 284 g/mol. The minimum atomic E-state index is 0.819. The molecule has 0 fully saturated rings. The number of imidazole rings is 1. The maximum absolute atomic E-state index is 4.57. The van der Waals surface area contributed by atoms with Gasteiger partial charge in [-0.2, -0.15) is 0 Å². The SMILES string of the molecule is Cc1cc(C)nc(SCc2c(C)nc3ccccn23)n1. The minimum Gasteiger partial charge on any atom is -0.303 e. The van der Waals surface area contributed by atoms with Crippen molar-refractivity contribution in [1.82, 2.24) is 19.4 Å². The van der Waals surface area contributed by atoms with E-state index in [4.69, 9.17) is 0 Å². The van der Waals surface area contributed by atoms with Gasteiger partial charge >= 0.3 is 0 Å². The number of fused-ring (bicyclic) bond motifs is 1. The number of aryl methyl sites for hydroxylation is 3. The van der Waals surface area contributed by atoms with E-state index in [2.05, 4.69) is 19.4 Å². The third-order valence-electron chi connectivity index (χ3n) is 3.13. The number of aromatic nitrogens is 4. The van der Waals surface area contributed by atoms with Gasteiger partial charge in [-0.1, -0.05) is 17.8 Å². The summed E-state index contributed by atoms with van der Waals surface area (Å²) in [6.45, 7) is 6.04. The van der Waals surface area contributed by atoms with Crippen LogP contribution in [0.4, 0.5) is 0 Å². The lowest BCUT2D eigenvalue weighted by Crippen LogP contribution is -1.96. The fourth-order valence-corrected chi connectivity index (χ4v) is 3.26. The van der Waals surface area contributed by atoms with E-state index in [1.165, 1.54) is 5.69 Å². The zero-order valence-corrected chi connectivity index (χ0v) is 12.6. The zero-order chi connectivity index (χ0) is 14.1. The molecule has 3 aromatic heterocycles. The summed E-state index contributed by atoms with van der Waals surface area (Å²) in [5, 5.41) is 0.827. The molecule has 3 heterocycles. The van der Waals surface area contributed by atoms with Crippen molar-refractivity contribution in [3.05, 3.63) is 53.2 Å². The lowest BCUT2D eigenvalue weighted by atomic mass is 10.4. The Hall–Kier alpha value is -1.88. The summed E-state index contributed by atoms with van der Waals surface area (Å²) >= 11 is 1.65. The first-order chi connectivity index (χ1) is 9.63. The first-order valence-corrected chi connectivity index (χ1v) is 7.50. The molecule has 0 aliphatic rings. The van der Waals surface area contributed by atoms with E-state index in [0.717, 1.165) is 33.6 Å². The van der Waals surface area contributed by atoms with Crippen molar-refractivity contribution in [2.24, 2.45) is 0 Å². The highest BCUT2D eigenvalue weighted by molar-refractivity contribution is 7.98. The summed E-state index contributed by atoms with van der Waals surface area (Å²) in [5.41, 5.74) is 5.27. The van der Waals surface area contributed by atoms with Crippen molar-refractivity contribution in [1.29, 1.82) is 0 Å². The molecule has 102 valence electrons. The largest absolute Gasteiger partial charge is 0.303 e. The second-order valence-electron chi connectivity index (χ2n) is 4.79. The van der Waals surface area contributed by atoms with E-state index >= 15 is 0 Å². The van der Waals surface area contributed by atoms with E-state index in [1.54, 1.807) is 11.8 Å². The van der Waals surface area contributed by atoms with Crippen LogP contribution >= 0.6 is 11.8 Å². The summed E-state index contributed by atoms with van der Waals surface area (Å²) in [7, 11) is 0. The van der Waals surface area contributed by atoms with Crippen LogP contribution in [0.1, 0.15) is 22.8 Å². The molecule has 0 aromatic carbocycles. The molecule has 0 atom stereocenters. The highest BCUT2D eigenvalue weighted by Crippen LogP contribution is 2.22. The second kappa shape index (κ2) is 5.25. The lowest BCUT2D eigenvalue weighted by molar-refractivity contribution is 0.900. The van der Waals surface area contributed by atoms with Crippen LogP contribution in [0.25, 0.3) is 5.65 Å². The molecule has 0 saturated heterocycles. The van der Waals surface area contributed by atoms with Crippen LogP contribution in [0, 0.1) is 20.8 Å². The number of hydrogen-bond acceptors (Lipinski definition) is 4. The molecular weight excluding hydrogens is 268 g/mol. The predicted octanol–water partition coefficient (Wildman–Crippen LogP) is 3.34. The Morgan fingerprint density at radius 1 is 1.05 bits per heavy atom. The van der Waals surface area contributed by atoms with Crippen molar-refractivity contribution in [2.45, 2.75) is 31.7 Å². The minimum absolute atomic E-state index is 0.819. The Morgan fingerprint density at radius 3 is 2.55 bits per heavy atom. The Bertz CT molecular complexity index is 743. The molecule has 0 aliphatic carbocycles. The number of pyridine rings is 1. The average molecular weight is 284 g/mol. The molecular formula is C15H16N4S. The standard InChI is InChI=1S/C15H16N4S/c1-10-8-11(2)17-15(16-10)20-9-13-12(3)18-14-6-4-5-7-19(13)14/h4-8H,9H2,1-3H3. The van der Waals surface area contributed by atoms with Gasteiger partial charge in [0.05, 0.1) is 11.4 Å². The van der Waals surface area contributed by atoms with Gasteiger partial charge in [0, 0.05) is 23.3 Å². The van der Waals surface area contributed by atoms with Gasteiger partial charge in [-0.3, -0.25) is 0 Å². The zero-order valence-electron chi connectivity index (χ0n) is 11.8. The summed E-state index contributed by atoms with van der Waals surface area (Å²) < 4.78 is 2.13. The molecule has 5 heteroatoms. The average Bonchev–Trinajstić information content (AvgIpc) is 2.71. The predicted molar refractivity (Wildman–Crippen MR) is 81.0 cm³/mol. The van der Waals surface area contributed by atoms with E-state index < -0.39 is 0 Å². The van der Waals surface area contributed by atoms with Crippen molar-refractivity contribution in [3.63, 3.8) is 0 Å². The molecule has 0 N–H and O–H groups in total. The quantitative estimate of drug-likeness (QED) is 0.546. The first kappa shape index (κ1) is 13.1. The fourth-order valence-electron chi connectivity index (χ4n) is 2.23. The topological polar surface area (TPSA) is 43.1 Å². The maximum Gasteiger partial charge on any atom is 0.188 e. The summed E-state index contributed by atoms with van der Waals surface area (Å²) in [4.78, 5) is 13.5. The molecule has 0 spiro atoms. The van der Waals surface area contributed by atoms with Crippen LogP contribution in [0.2, 0.25) is 0 Å². The van der Waals surface area contributed by atoms with Crippen LogP contribution in [-0.2, 0) is 5.75 Å². The van der Waals surface area contributed by atoms with E-state index in [1.807, 2.05) is 51.2 Å². The van der Waals surface area contributed by atoms with E-state index in [0.29, 0.717) is 0 Å². The maximum atomic E-state index is 4.57. The number of nitrogens with zero attached hydrogens (tertiary/aromatic N) is 4. The van der Waals surface area contributed by atoms with Gasteiger partial charge in [-0.05, 0) is 39.0 Å². The lowest BCUT2D eigenvalue weighted by Gasteiger charge is -2.04. The van der Waals surface area contributed by atoms with Gasteiger partial charge in [0.2, 0.25) is 0 Å². The Balaban J connectivity index is 1.88. The van der Waals surface area contributed by atoms with Crippen LogP contribution in [0.3, 0.4) is 0 Å². The van der Waals surface area contributed by atoms with Crippen molar-refractivity contribution in [3.8, 4) is 0 Å². The van der Waals surface area contributed by atoms with Gasteiger partial charge in [-0.25, -0.2) is 15.0 Å². The normalized spacial score (nSPS) is 11.2. The second-order valence-corrected chi connectivity index (χ2v) is 5.74. The molecule has 0 unspecified atom stereocenters. The fraction of sp³-hybridized carbons (Fsp3) is 0.267. The third-order valence-corrected chi connectivity index (χ3v) is 3.99. The highest BCUT2D eigenvalue weighted by atomic mass is 32.2. The Labute approximate surface area is 122 Å². The molecule has 0 amide bonds. The summed E-state index contributed by atoms with van der Waals surface area (Å²) in [5.74, 6) is 0.819. The van der Waals surface area contributed by atoms with Crippen LogP contribution in [0.15, 0.2) is 35.6 Å². The van der Waals surface area contributed by atoms with Gasteiger partial charge in [-0.15, -0.1) is 0 Å². The number of rotatable bonds is 3. The highest BCUT2D eigenvalue weighted by Gasteiger charge is 2.09. The van der Waals surface area contributed by atoms with Gasteiger partial charge < -0.3 is 4.40 Å². The molecule has 0 radical (unpaired) electrons. The molecule has 3 rings (SSSR count). The van der Waals surface area contributed by atoms with Crippen LogP contribution in [-0.4, -0.2) is 19.4 Å². The molecule has 3 aromatic rings. The number of thioether (sulfide) groups is 1. The number of hydrogen-bond donors (Lipinski definition) is 0. The van der Waals surface area contributed by atoms with Gasteiger partial charge in [0.25, 0.3) is 0 Å². The van der Waals surface area contributed by atoms with Crippen molar-refractivity contribution in [2.75, 3.05) is 0 Å².